The average Bonchev–Trinajstić information content (AvgIpc) is 2.54. The van der Waals surface area contributed by atoms with Crippen molar-refractivity contribution < 1.29 is 29.6 Å². The Morgan fingerprint density at radius 2 is 1.70 bits per heavy atom. The van der Waals surface area contributed by atoms with Crippen LogP contribution >= 0.6 is 0 Å². The molecule has 6 heteroatoms. The van der Waals surface area contributed by atoms with E-state index in [0.29, 0.717) is 0 Å². The van der Waals surface area contributed by atoms with E-state index in [1.165, 1.54) is 32.1 Å². The number of rotatable bonds is 11. The molecule has 0 aromatic heterocycles. The van der Waals surface area contributed by atoms with Gasteiger partial charge in [-0.2, -0.15) is 0 Å². The fourth-order valence-electron chi connectivity index (χ4n) is 2.78. The summed E-state index contributed by atoms with van der Waals surface area (Å²) in [6.45, 7) is 1.76. The lowest BCUT2D eigenvalue weighted by atomic mass is 10.0. The van der Waals surface area contributed by atoms with Crippen LogP contribution in [0.2, 0.25) is 0 Å². The van der Waals surface area contributed by atoms with Gasteiger partial charge in [0.1, 0.15) is 18.3 Å². The number of carbonyl (C=O) groups excluding carboxylic acids is 1. The highest BCUT2D eigenvalue weighted by Crippen LogP contribution is 2.19. The summed E-state index contributed by atoms with van der Waals surface area (Å²) in [5.41, 5.74) is 0. The lowest BCUT2D eigenvalue weighted by Gasteiger charge is -2.36. The van der Waals surface area contributed by atoms with Gasteiger partial charge in [0.25, 0.3) is 0 Å². The monoisotopic (exact) mass is 332 g/mol. The molecule has 4 atom stereocenters. The van der Waals surface area contributed by atoms with Gasteiger partial charge in [-0.1, -0.05) is 51.9 Å². The highest BCUT2D eigenvalue weighted by molar-refractivity contribution is 5.69. The number of hydrogen-bond donors (Lipinski definition) is 3. The first-order valence-electron chi connectivity index (χ1n) is 8.88. The molecule has 1 saturated heterocycles. The van der Waals surface area contributed by atoms with E-state index in [1.54, 1.807) is 0 Å². The Labute approximate surface area is 138 Å². The molecular formula is C17H32O6. The molecule has 0 aromatic carbocycles. The smallest absolute Gasteiger partial charge is 0.306 e. The van der Waals surface area contributed by atoms with Crippen LogP contribution in [0, 0.1) is 0 Å². The molecule has 0 bridgehead atoms. The van der Waals surface area contributed by atoms with E-state index < -0.39 is 30.4 Å². The second-order valence-electron chi connectivity index (χ2n) is 6.29. The van der Waals surface area contributed by atoms with E-state index in [-0.39, 0.29) is 19.6 Å². The van der Waals surface area contributed by atoms with Gasteiger partial charge >= 0.3 is 5.97 Å². The molecule has 6 nitrogen and oxygen atoms in total. The first kappa shape index (κ1) is 20.4. The number of carbonyl (C=O) groups is 1. The molecule has 1 aliphatic heterocycles. The SMILES string of the molecule is CCCCCCCCCCC(=O)O[C@H]1[C@H](O)[C@@H](CO)OC[C@H]1O. The van der Waals surface area contributed by atoms with Crippen LogP contribution in [-0.2, 0) is 14.3 Å². The Morgan fingerprint density at radius 3 is 2.30 bits per heavy atom. The number of unbranched alkanes of at least 4 members (excludes halogenated alkanes) is 7. The van der Waals surface area contributed by atoms with Crippen molar-refractivity contribution in [3.8, 4) is 0 Å². The van der Waals surface area contributed by atoms with Crippen molar-refractivity contribution in [2.24, 2.45) is 0 Å². The quantitative estimate of drug-likeness (QED) is 0.392. The zero-order valence-corrected chi connectivity index (χ0v) is 14.2. The molecule has 0 aromatic rings. The molecular weight excluding hydrogens is 300 g/mol. The lowest BCUT2D eigenvalue weighted by molar-refractivity contribution is -0.213. The Morgan fingerprint density at radius 1 is 1.09 bits per heavy atom. The minimum Gasteiger partial charge on any atom is -0.457 e. The standard InChI is InChI=1S/C17H32O6/c1-2-3-4-5-6-7-8-9-10-15(20)23-17-13(19)12-22-14(11-18)16(17)21/h13-14,16-19,21H,2-12H2,1H3/t13-,14-,16-,17-/m1/s1. The van der Waals surface area contributed by atoms with Crippen LogP contribution in [0.1, 0.15) is 64.7 Å². The van der Waals surface area contributed by atoms with Crippen molar-refractivity contribution in [3.63, 3.8) is 0 Å². The summed E-state index contributed by atoms with van der Waals surface area (Å²) in [6, 6.07) is 0. The molecule has 0 spiro atoms. The summed E-state index contributed by atoms with van der Waals surface area (Å²) >= 11 is 0. The van der Waals surface area contributed by atoms with Crippen molar-refractivity contribution in [2.75, 3.05) is 13.2 Å². The maximum absolute atomic E-state index is 11.8. The Balaban J connectivity index is 2.15. The topological polar surface area (TPSA) is 96.2 Å². The number of hydrogen-bond acceptors (Lipinski definition) is 6. The van der Waals surface area contributed by atoms with Gasteiger partial charge in [-0.25, -0.2) is 0 Å². The first-order valence-corrected chi connectivity index (χ1v) is 8.88. The highest BCUT2D eigenvalue weighted by Gasteiger charge is 2.40. The summed E-state index contributed by atoms with van der Waals surface area (Å²) in [5.74, 6) is -0.419. The van der Waals surface area contributed by atoms with Crippen LogP contribution in [0.15, 0.2) is 0 Å². The van der Waals surface area contributed by atoms with E-state index in [1.807, 2.05) is 0 Å². The number of ether oxygens (including phenoxy) is 2. The van der Waals surface area contributed by atoms with Crippen molar-refractivity contribution in [3.05, 3.63) is 0 Å². The second-order valence-corrected chi connectivity index (χ2v) is 6.29. The number of esters is 1. The van der Waals surface area contributed by atoms with E-state index >= 15 is 0 Å². The third kappa shape index (κ3) is 7.61. The summed E-state index contributed by atoms with van der Waals surface area (Å²) in [5, 5.41) is 28.8. The third-order valence-corrected chi connectivity index (χ3v) is 4.26. The van der Waals surface area contributed by atoms with Crippen LogP contribution in [0.3, 0.4) is 0 Å². The largest absolute Gasteiger partial charge is 0.457 e. The van der Waals surface area contributed by atoms with Crippen LogP contribution in [0.4, 0.5) is 0 Å². The molecule has 1 fully saturated rings. The van der Waals surface area contributed by atoms with Crippen LogP contribution in [0.25, 0.3) is 0 Å². The molecule has 0 amide bonds. The predicted octanol–water partition coefficient (Wildman–Crippen LogP) is 1.54. The summed E-state index contributed by atoms with van der Waals surface area (Å²) in [4.78, 5) is 11.8. The van der Waals surface area contributed by atoms with Crippen molar-refractivity contribution >= 4 is 5.97 Å². The van der Waals surface area contributed by atoms with Gasteiger partial charge in [0.15, 0.2) is 6.10 Å². The molecule has 1 heterocycles. The molecule has 1 rings (SSSR count). The van der Waals surface area contributed by atoms with E-state index in [4.69, 9.17) is 14.6 Å². The Kier molecular flexibility index (Phi) is 10.4. The van der Waals surface area contributed by atoms with Gasteiger partial charge in [0.05, 0.1) is 13.2 Å². The van der Waals surface area contributed by atoms with Gasteiger partial charge in [0.2, 0.25) is 0 Å². The van der Waals surface area contributed by atoms with Gasteiger partial charge in [-0.3, -0.25) is 4.79 Å². The molecule has 0 aliphatic carbocycles. The molecule has 3 N–H and O–H groups in total. The molecule has 0 unspecified atom stereocenters. The summed E-state index contributed by atoms with van der Waals surface area (Å²) in [6.07, 6.45) is 5.30. The Bertz CT molecular complexity index is 322. The zero-order chi connectivity index (χ0) is 17.1. The van der Waals surface area contributed by atoms with E-state index in [0.717, 1.165) is 19.3 Å². The fraction of sp³-hybridized carbons (Fsp3) is 0.941. The van der Waals surface area contributed by atoms with Gasteiger partial charge in [-0.05, 0) is 6.42 Å². The van der Waals surface area contributed by atoms with Crippen molar-refractivity contribution in [1.29, 1.82) is 0 Å². The highest BCUT2D eigenvalue weighted by atomic mass is 16.6. The first-order chi connectivity index (χ1) is 11.1. The molecule has 23 heavy (non-hydrogen) atoms. The van der Waals surface area contributed by atoms with Crippen LogP contribution < -0.4 is 0 Å². The minimum atomic E-state index is -1.20. The van der Waals surface area contributed by atoms with Gasteiger partial charge in [-0.15, -0.1) is 0 Å². The number of aliphatic hydroxyl groups excluding tert-OH is 3. The zero-order valence-electron chi connectivity index (χ0n) is 14.2. The summed E-state index contributed by atoms with van der Waals surface area (Å²) < 4.78 is 10.3. The maximum atomic E-state index is 11.8. The molecule has 136 valence electrons. The van der Waals surface area contributed by atoms with Crippen molar-refractivity contribution in [2.45, 2.75) is 89.1 Å². The average molecular weight is 332 g/mol. The fourth-order valence-corrected chi connectivity index (χ4v) is 2.78. The normalized spacial score (nSPS) is 27.8. The van der Waals surface area contributed by atoms with Crippen LogP contribution in [0.5, 0.6) is 0 Å². The maximum Gasteiger partial charge on any atom is 0.306 e. The number of aliphatic hydroxyl groups is 3. The van der Waals surface area contributed by atoms with Gasteiger partial charge < -0.3 is 24.8 Å². The van der Waals surface area contributed by atoms with Gasteiger partial charge in [0, 0.05) is 6.42 Å². The second kappa shape index (κ2) is 11.8. The van der Waals surface area contributed by atoms with E-state index in [2.05, 4.69) is 6.92 Å². The molecule has 0 saturated carbocycles. The van der Waals surface area contributed by atoms with Crippen molar-refractivity contribution in [1.82, 2.24) is 0 Å². The minimum absolute atomic E-state index is 0.0575. The molecule has 0 radical (unpaired) electrons. The van der Waals surface area contributed by atoms with E-state index in [9.17, 15) is 15.0 Å². The Hall–Kier alpha value is -0.690. The molecule has 1 aliphatic rings. The third-order valence-electron chi connectivity index (χ3n) is 4.26. The van der Waals surface area contributed by atoms with Crippen LogP contribution in [-0.4, -0.2) is 58.9 Å². The summed E-state index contributed by atoms with van der Waals surface area (Å²) in [7, 11) is 0. The predicted molar refractivity (Wildman–Crippen MR) is 85.9 cm³/mol. The lowest BCUT2D eigenvalue weighted by Crippen LogP contribution is -2.55.